The van der Waals surface area contributed by atoms with Crippen molar-refractivity contribution in [3.63, 3.8) is 0 Å². The lowest BCUT2D eigenvalue weighted by Crippen LogP contribution is -2.45. The van der Waals surface area contributed by atoms with Crippen molar-refractivity contribution < 1.29 is 9.53 Å². The van der Waals surface area contributed by atoms with Gasteiger partial charge in [0.1, 0.15) is 23.9 Å². The van der Waals surface area contributed by atoms with Gasteiger partial charge in [-0.1, -0.05) is 12.1 Å². The summed E-state index contributed by atoms with van der Waals surface area (Å²) in [5.74, 6) is 0.240. The molecule has 26 heavy (non-hydrogen) atoms. The summed E-state index contributed by atoms with van der Waals surface area (Å²) in [5.41, 5.74) is 0.0312. The van der Waals surface area contributed by atoms with Crippen molar-refractivity contribution in [2.45, 2.75) is 32.5 Å². The summed E-state index contributed by atoms with van der Waals surface area (Å²) < 4.78 is 7.31. The number of fused-ring (bicyclic) bond motifs is 1. The van der Waals surface area contributed by atoms with E-state index in [1.165, 1.54) is 4.57 Å². The molecule has 8 nitrogen and oxygen atoms in total. The molecule has 0 saturated carbocycles. The number of benzene rings is 1. The lowest BCUT2D eigenvalue weighted by Gasteiger charge is -2.11. The highest BCUT2D eigenvalue weighted by Crippen LogP contribution is 2.13. The molecule has 2 aromatic rings. The van der Waals surface area contributed by atoms with Gasteiger partial charge in [0.15, 0.2) is 0 Å². The molecule has 1 aromatic heterocycles. The fourth-order valence-corrected chi connectivity index (χ4v) is 3.03. The second-order valence-electron chi connectivity index (χ2n) is 5.99. The monoisotopic (exact) mass is 354 g/mol. The number of carbonyl (C=O) groups is 1. The van der Waals surface area contributed by atoms with Crippen LogP contribution in [0, 0.1) is 11.3 Å². The molecule has 0 bridgehead atoms. The Bertz CT molecular complexity index is 996. The zero-order valence-electron chi connectivity index (χ0n) is 14.3. The summed E-state index contributed by atoms with van der Waals surface area (Å²) in [6.07, 6.45) is 1.23. The number of amides is 1. The van der Waals surface area contributed by atoms with Crippen LogP contribution in [0.1, 0.15) is 23.2 Å². The van der Waals surface area contributed by atoms with Crippen LogP contribution in [0.5, 0.6) is 5.75 Å². The number of hydrogen-bond donors (Lipinski definition) is 1. The summed E-state index contributed by atoms with van der Waals surface area (Å²) in [5, 5.41) is 11.9. The Balaban J connectivity index is 1.76. The summed E-state index contributed by atoms with van der Waals surface area (Å²) in [6, 6.07) is 9.04. The second kappa shape index (κ2) is 7.27. The number of carbonyl (C=O) groups excluding carboxylic acids is 1. The standard InChI is InChI=1S/C18H18N4O4/c1-26-13-6-4-12(5-7-13)10-20-16(23)11-22-17(24)14(9-19)15-3-2-8-21(15)18(22)25/h4-7H,2-3,8,10-11H2,1H3,(H,20,23). The van der Waals surface area contributed by atoms with Crippen molar-refractivity contribution >= 4 is 5.91 Å². The molecule has 1 aliphatic rings. The Hall–Kier alpha value is -3.34. The molecule has 0 fully saturated rings. The van der Waals surface area contributed by atoms with Gasteiger partial charge in [-0.15, -0.1) is 0 Å². The number of nitriles is 1. The lowest BCUT2D eigenvalue weighted by atomic mass is 10.2. The minimum absolute atomic E-state index is 0.0509. The minimum Gasteiger partial charge on any atom is -0.497 e. The zero-order chi connectivity index (χ0) is 18.7. The van der Waals surface area contributed by atoms with Crippen LogP contribution in [0.3, 0.4) is 0 Å². The number of aromatic nitrogens is 2. The Morgan fingerprint density at radius 2 is 2.04 bits per heavy atom. The van der Waals surface area contributed by atoms with Crippen molar-refractivity contribution in [1.29, 1.82) is 5.26 Å². The average Bonchev–Trinajstić information content (AvgIpc) is 3.14. The van der Waals surface area contributed by atoms with Crippen molar-refractivity contribution in [2.24, 2.45) is 0 Å². The first-order chi connectivity index (χ1) is 12.5. The molecule has 1 aliphatic heterocycles. The molecule has 134 valence electrons. The van der Waals surface area contributed by atoms with Crippen LogP contribution < -0.4 is 21.3 Å². The molecule has 1 aromatic carbocycles. The molecular weight excluding hydrogens is 336 g/mol. The van der Waals surface area contributed by atoms with Gasteiger partial charge in [0.25, 0.3) is 5.56 Å². The maximum Gasteiger partial charge on any atom is 0.331 e. The van der Waals surface area contributed by atoms with E-state index in [1.54, 1.807) is 19.2 Å². The normalized spacial score (nSPS) is 12.3. The summed E-state index contributed by atoms with van der Waals surface area (Å²) in [4.78, 5) is 37.0. The van der Waals surface area contributed by atoms with E-state index in [-0.39, 0.29) is 12.1 Å². The van der Waals surface area contributed by atoms with Crippen LogP contribution in [0.15, 0.2) is 33.9 Å². The molecule has 8 heteroatoms. The molecule has 0 aliphatic carbocycles. The van der Waals surface area contributed by atoms with E-state index >= 15 is 0 Å². The van der Waals surface area contributed by atoms with E-state index in [2.05, 4.69) is 5.32 Å². The molecule has 0 unspecified atom stereocenters. The highest BCUT2D eigenvalue weighted by atomic mass is 16.5. The maximum atomic E-state index is 12.5. The SMILES string of the molecule is COc1ccc(CNC(=O)Cn2c(=O)c(C#N)c3n(c2=O)CCC3)cc1. The van der Waals surface area contributed by atoms with Crippen molar-refractivity contribution in [2.75, 3.05) is 7.11 Å². The zero-order valence-corrected chi connectivity index (χ0v) is 14.3. The third-order valence-electron chi connectivity index (χ3n) is 4.39. The van der Waals surface area contributed by atoms with E-state index < -0.39 is 23.7 Å². The minimum atomic E-state index is -0.703. The fraction of sp³-hybridized carbons (Fsp3) is 0.333. The molecule has 0 radical (unpaired) electrons. The molecule has 1 N–H and O–H groups in total. The number of nitrogens with zero attached hydrogens (tertiary/aromatic N) is 3. The third-order valence-corrected chi connectivity index (χ3v) is 4.39. The Morgan fingerprint density at radius 1 is 1.31 bits per heavy atom. The fourth-order valence-electron chi connectivity index (χ4n) is 3.03. The predicted molar refractivity (Wildman–Crippen MR) is 92.8 cm³/mol. The van der Waals surface area contributed by atoms with Crippen LogP contribution in [-0.2, 0) is 30.8 Å². The van der Waals surface area contributed by atoms with E-state index in [0.717, 1.165) is 10.1 Å². The molecule has 0 spiro atoms. The van der Waals surface area contributed by atoms with Gasteiger partial charge in [0.05, 0.1) is 7.11 Å². The van der Waals surface area contributed by atoms with E-state index in [1.807, 2.05) is 18.2 Å². The molecular formula is C18H18N4O4. The van der Waals surface area contributed by atoms with Crippen LogP contribution in [-0.4, -0.2) is 22.2 Å². The highest BCUT2D eigenvalue weighted by molar-refractivity contribution is 5.75. The number of methoxy groups -OCH3 is 1. The van der Waals surface area contributed by atoms with Crippen LogP contribution in [0.4, 0.5) is 0 Å². The topological polar surface area (TPSA) is 106 Å². The molecule has 2 heterocycles. The first-order valence-electron chi connectivity index (χ1n) is 8.21. The Labute approximate surface area is 149 Å². The quantitative estimate of drug-likeness (QED) is 0.823. The lowest BCUT2D eigenvalue weighted by molar-refractivity contribution is -0.121. The largest absolute Gasteiger partial charge is 0.497 e. The van der Waals surface area contributed by atoms with Gasteiger partial charge in [0.2, 0.25) is 5.91 Å². The highest BCUT2D eigenvalue weighted by Gasteiger charge is 2.23. The average molecular weight is 354 g/mol. The van der Waals surface area contributed by atoms with Crippen molar-refractivity contribution in [1.82, 2.24) is 14.5 Å². The molecule has 1 amide bonds. The van der Waals surface area contributed by atoms with E-state index in [9.17, 15) is 19.6 Å². The maximum absolute atomic E-state index is 12.5. The van der Waals surface area contributed by atoms with Gasteiger partial charge < -0.3 is 10.1 Å². The number of nitrogens with one attached hydrogen (secondary N) is 1. The van der Waals surface area contributed by atoms with Crippen LogP contribution in [0.2, 0.25) is 0 Å². The molecule has 0 saturated heterocycles. The smallest absolute Gasteiger partial charge is 0.331 e. The number of hydrogen-bond acceptors (Lipinski definition) is 5. The summed E-state index contributed by atoms with van der Waals surface area (Å²) in [7, 11) is 1.57. The predicted octanol–water partition coefficient (Wildman–Crippen LogP) is 0.153. The van der Waals surface area contributed by atoms with Gasteiger partial charge in [-0.25, -0.2) is 9.36 Å². The summed E-state index contributed by atoms with van der Waals surface area (Å²) >= 11 is 0. The molecule has 3 rings (SSSR count). The third kappa shape index (κ3) is 3.24. The second-order valence-corrected chi connectivity index (χ2v) is 5.99. The Kier molecular flexibility index (Phi) is 4.89. The number of rotatable bonds is 5. The summed E-state index contributed by atoms with van der Waals surface area (Å²) in [6.45, 7) is 0.300. The van der Waals surface area contributed by atoms with Crippen molar-refractivity contribution in [3.8, 4) is 11.8 Å². The van der Waals surface area contributed by atoms with Crippen LogP contribution in [0.25, 0.3) is 0 Å². The van der Waals surface area contributed by atoms with Gasteiger partial charge in [0, 0.05) is 18.8 Å². The number of ether oxygens (including phenoxy) is 1. The van der Waals surface area contributed by atoms with Crippen molar-refractivity contribution in [3.05, 3.63) is 61.9 Å². The van der Waals surface area contributed by atoms with Gasteiger partial charge in [-0.05, 0) is 30.5 Å². The molecule has 0 atom stereocenters. The van der Waals surface area contributed by atoms with Crippen LogP contribution >= 0.6 is 0 Å². The van der Waals surface area contributed by atoms with Gasteiger partial charge >= 0.3 is 5.69 Å². The van der Waals surface area contributed by atoms with Gasteiger partial charge in [-0.2, -0.15) is 5.26 Å². The van der Waals surface area contributed by atoms with E-state index in [4.69, 9.17) is 4.74 Å². The van der Waals surface area contributed by atoms with Gasteiger partial charge in [-0.3, -0.25) is 14.2 Å². The van der Waals surface area contributed by atoms with E-state index in [0.29, 0.717) is 30.8 Å². The Morgan fingerprint density at radius 3 is 2.69 bits per heavy atom. The first-order valence-corrected chi connectivity index (χ1v) is 8.21. The first kappa shape index (κ1) is 17.5.